The molecule has 0 amide bonds. The summed E-state index contributed by atoms with van der Waals surface area (Å²) in [7, 11) is 0. The van der Waals surface area contributed by atoms with Gasteiger partial charge in [-0.05, 0) is 104 Å². The molecule has 0 unspecified atom stereocenters. The summed E-state index contributed by atoms with van der Waals surface area (Å²) in [5.41, 5.74) is 19.2. The van der Waals surface area contributed by atoms with E-state index >= 15 is 0 Å². The van der Waals surface area contributed by atoms with E-state index in [2.05, 4.69) is 252 Å². The Labute approximate surface area is 366 Å². The SMILES string of the molecule is c1cc(-c2ccc(C3(c4ccc(-c5ccc(-n6c7ccccc7c7ccccc76)cc5)cc4)c4ccccc4-c4ccccc43)cc2)cc(-n2c3ccccc3c3ccccc32)c1. The maximum atomic E-state index is 2.40. The van der Waals surface area contributed by atoms with Gasteiger partial charge in [-0.3, -0.25) is 0 Å². The highest BCUT2D eigenvalue weighted by Gasteiger charge is 2.45. The van der Waals surface area contributed by atoms with Gasteiger partial charge in [0.2, 0.25) is 0 Å². The number of hydrogen-bond acceptors (Lipinski definition) is 0. The first kappa shape index (κ1) is 35.5. The van der Waals surface area contributed by atoms with Crippen molar-refractivity contribution in [2.75, 3.05) is 0 Å². The van der Waals surface area contributed by atoms with Crippen LogP contribution in [0.2, 0.25) is 0 Å². The van der Waals surface area contributed by atoms with E-state index in [4.69, 9.17) is 0 Å². The molecule has 1 aliphatic rings. The fourth-order valence-electron chi connectivity index (χ4n) is 10.9. The van der Waals surface area contributed by atoms with Crippen molar-refractivity contribution >= 4 is 43.6 Å². The summed E-state index contributed by atoms with van der Waals surface area (Å²) >= 11 is 0. The highest BCUT2D eigenvalue weighted by molar-refractivity contribution is 6.10. The minimum absolute atomic E-state index is 0.491. The minimum atomic E-state index is -0.491. The lowest BCUT2D eigenvalue weighted by molar-refractivity contribution is 0.769. The summed E-state index contributed by atoms with van der Waals surface area (Å²) in [4.78, 5) is 0. The first-order valence-corrected chi connectivity index (χ1v) is 21.8. The van der Waals surface area contributed by atoms with Crippen LogP contribution in [0.5, 0.6) is 0 Å². The molecule has 2 heteroatoms. The van der Waals surface area contributed by atoms with Crippen molar-refractivity contribution in [3.05, 3.63) is 265 Å². The highest BCUT2D eigenvalue weighted by Crippen LogP contribution is 2.56. The molecular formula is C61H40N2. The standard InChI is InChI=1S/C61H40N2/c1-7-22-55-49(16-1)50-17-2-8-23-56(50)61(55,45-34-28-41(29-35-45)42-32-38-47(39-33-42)62-57-24-9-3-18-51(57)52-19-4-10-25-58(52)62)46-36-30-43(31-37-46)44-14-13-15-48(40-44)63-59-26-11-5-20-53(59)54-21-6-12-27-60(54)63/h1-40H. The molecule has 1 aliphatic carbocycles. The third kappa shape index (κ3) is 5.25. The molecule has 0 N–H and O–H groups in total. The van der Waals surface area contributed by atoms with Gasteiger partial charge in [0.25, 0.3) is 0 Å². The maximum Gasteiger partial charge on any atom is 0.0713 e. The molecule has 0 atom stereocenters. The van der Waals surface area contributed by atoms with Crippen molar-refractivity contribution in [2.45, 2.75) is 5.41 Å². The smallest absolute Gasteiger partial charge is 0.0713 e. The third-order valence-corrected chi connectivity index (χ3v) is 13.6. The van der Waals surface area contributed by atoms with E-state index in [1.807, 2.05) is 0 Å². The second-order valence-electron chi connectivity index (χ2n) is 16.8. The Bertz CT molecular complexity index is 3560. The molecule has 294 valence electrons. The zero-order valence-electron chi connectivity index (χ0n) is 34.5. The van der Waals surface area contributed by atoms with Crippen molar-refractivity contribution in [1.29, 1.82) is 0 Å². The predicted molar refractivity (Wildman–Crippen MR) is 263 cm³/mol. The molecule has 10 aromatic carbocycles. The van der Waals surface area contributed by atoms with Crippen LogP contribution in [-0.2, 0) is 5.41 Å². The van der Waals surface area contributed by atoms with Gasteiger partial charge >= 0.3 is 0 Å². The molecule has 0 radical (unpaired) electrons. The van der Waals surface area contributed by atoms with Gasteiger partial charge in [-0.25, -0.2) is 0 Å². The molecule has 0 spiro atoms. The monoisotopic (exact) mass is 800 g/mol. The van der Waals surface area contributed by atoms with Crippen LogP contribution >= 0.6 is 0 Å². The summed E-state index contributed by atoms with van der Waals surface area (Å²) in [6, 6.07) is 89.5. The quantitative estimate of drug-likeness (QED) is 0.159. The highest BCUT2D eigenvalue weighted by atomic mass is 15.0. The van der Waals surface area contributed by atoms with Crippen LogP contribution < -0.4 is 0 Å². The van der Waals surface area contributed by atoms with Crippen molar-refractivity contribution < 1.29 is 0 Å². The van der Waals surface area contributed by atoms with E-state index in [-0.39, 0.29) is 0 Å². The lowest BCUT2D eigenvalue weighted by atomic mass is 9.67. The molecule has 2 nitrogen and oxygen atoms in total. The first-order chi connectivity index (χ1) is 31.3. The van der Waals surface area contributed by atoms with Gasteiger partial charge < -0.3 is 9.13 Å². The second-order valence-corrected chi connectivity index (χ2v) is 16.8. The molecule has 63 heavy (non-hydrogen) atoms. The van der Waals surface area contributed by atoms with Crippen LogP contribution in [-0.4, -0.2) is 9.13 Å². The van der Waals surface area contributed by atoms with E-state index in [1.165, 1.54) is 99.2 Å². The van der Waals surface area contributed by atoms with Gasteiger partial charge in [0, 0.05) is 32.9 Å². The summed E-state index contributed by atoms with van der Waals surface area (Å²) in [5, 5.41) is 5.09. The van der Waals surface area contributed by atoms with Crippen LogP contribution in [0.4, 0.5) is 0 Å². The summed E-state index contributed by atoms with van der Waals surface area (Å²) in [5.74, 6) is 0. The van der Waals surface area contributed by atoms with E-state index in [9.17, 15) is 0 Å². The number of hydrogen-bond donors (Lipinski definition) is 0. The number of benzene rings is 10. The van der Waals surface area contributed by atoms with Gasteiger partial charge in [-0.2, -0.15) is 0 Å². The van der Waals surface area contributed by atoms with Crippen LogP contribution in [0.15, 0.2) is 243 Å². The van der Waals surface area contributed by atoms with Gasteiger partial charge in [0.1, 0.15) is 0 Å². The molecule has 12 aromatic rings. The number of para-hydroxylation sites is 4. The van der Waals surface area contributed by atoms with Crippen molar-refractivity contribution in [2.24, 2.45) is 0 Å². The van der Waals surface area contributed by atoms with Crippen LogP contribution in [0.3, 0.4) is 0 Å². The van der Waals surface area contributed by atoms with Gasteiger partial charge in [0.15, 0.2) is 0 Å². The average molecular weight is 801 g/mol. The van der Waals surface area contributed by atoms with Crippen molar-refractivity contribution in [1.82, 2.24) is 9.13 Å². The Morgan fingerprint density at radius 1 is 0.254 bits per heavy atom. The third-order valence-electron chi connectivity index (χ3n) is 13.6. The van der Waals surface area contributed by atoms with E-state index in [0.29, 0.717) is 0 Å². The molecule has 0 saturated heterocycles. The van der Waals surface area contributed by atoms with Gasteiger partial charge in [-0.1, -0.05) is 194 Å². The van der Waals surface area contributed by atoms with Crippen LogP contribution in [0.25, 0.3) is 88.4 Å². The van der Waals surface area contributed by atoms with E-state index in [0.717, 1.165) is 11.4 Å². The fourth-order valence-corrected chi connectivity index (χ4v) is 10.9. The Morgan fingerprint density at radius 3 is 1.08 bits per heavy atom. The van der Waals surface area contributed by atoms with E-state index in [1.54, 1.807) is 0 Å². The number of rotatable bonds is 6. The second kappa shape index (κ2) is 13.9. The number of aromatic nitrogens is 2. The summed E-state index contributed by atoms with van der Waals surface area (Å²) in [6.45, 7) is 0. The minimum Gasteiger partial charge on any atom is -0.309 e. The lowest BCUT2D eigenvalue weighted by Crippen LogP contribution is -2.28. The lowest BCUT2D eigenvalue weighted by Gasteiger charge is -2.34. The van der Waals surface area contributed by atoms with Crippen molar-refractivity contribution in [3.63, 3.8) is 0 Å². The fraction of sp³-hybridized carbons (Fsp3) is 0.0164. The molecular weight excluding hydrogens is 761 g/mol. The molecule has 2 heterocycles. The van der Waals surface area contributed by atoms with Gasteiger partial charge in [-0.15, -0.1) is 0 Å². The molecule has 0 bridgehead atoms. The molecule has 0 saturated carbocycles. The molecule has 2 aromatic heterocycles. The van der Waals surface area contributed by atoms with E-state index < -0.39 is 5.41 Å². The Hall–Kier alpha value is -8.20. The molecule has 13 rings (SSSR count). The first-order valence-electron chi connectivity index (χ1n) is 21.8. The molecule has 0 fully saturated rings. The normalized spacial score (nSPS) is 12.9. The van der Waals surface area contributed by atoms with Crippen LogP contribution in [0, 0.1) is 0 Å². The Kier molecular flexibility index (Phi) is 7.85. The van der Waals surface area contributed by atoms with Crippen LogP contribution in [0.1, 0.15) is 22.3 Å². The number of fused-ring (bicyclic) bond motifs is 9. The topological polar surface area (TPSA) is 9.86 Å². The Morgan fingerprint density at radius 2 is 0.619 bits per heavy atom. The largest absolute Gasteiger partial charge is 0.309 e. The molecule has 0 aliphatic heterocycles. The maximum absolute atomic E-state index is 2.40. The zero-order chi connectivity index (χ0) is 41.5. The van der Waals surface area contributed by atoms with Crippen molar-refractivity contribution in [3.8, 4) is 44.8 Å². The zero-order valence-corrected chi connectivity index (χ0v) is 34.5. The predicted octanol–water partition coefficient (Wildman–Crippen LogP) is 15.6. The van der Waals surface area contributed by atoms with Gasteiger partial charge in [0.05, 0.1) is 27.5 Å². The summed E-state index contributed by atoms with van der Waals surface area (Å²) in [6.07, 6.45) is 0. The number of nitrogens with zero attached hydrogens (tertiary/aromatic N) is 2. The average Bonchev–Trinajstić information content (AvgIpc) is 3.99. The summed E-state index contributed by atoms with van der Waals surface area (Å²) < 4.78 is 4.78. The Balaban J connectivity index is 0.900.